The van der Waals surface area contributed by atoms with Gasteiger partial charge in [0.05, 0.1) is 11.2 Å². The number of hydrogen-bond acceptors (Lipinski definition) is 2. The summed E-state index contributed by atoms with van der Waals surface area (Å²) in [6.07, 6.45) is 0. The van der Waals surface area contributed by atoms with E-state index in [4.69, 9.17) is 4.65 Å². The largest absolute Gasteiger partial charge is 0.427 e. The van der Waals surface area contributed by atoms with Gasteiger partial charge < -0.3 is 9.76 Å². The third kappa shape index (κ3) is 4.86. The fourth-order valence-electron chi connectivity index (χ4n) is 1.28. The van der Waals surface area contributed by atoms with E-state index >= 15 is 0 Å². The minimum Gasteiger partial charge on any atom is -0.427 e. The molecule has 0 aliphatic heterocycles. The third-order valence-corrected chi connectivity index (χ3v) is 4.60. The standard InChI is InChI=1S/C12H18BF5O2S/c1-11(2,19)12(3,4)20-13-9-5-7-10(8-6-9)21(14,15,16,17)18/h5-8,13,19H,1-4H3. The maximum atomic E-state index is 12.5. The molecule has 0 radical (unpaired) electrons. The van der Waals surface area contributed by atoms with Crippen LogP contribution in [-0.4, -0.2) is 23.8 Å². The molecule has 122 valence electrons. The first-order valence-electron chi connectivity index (χ1n) is 6.12. The van der Waals surface area contributed by atoms with Crippen molar-refractivity contribution in [3.05, 3.63) is 24.3 Å². The molecule has 0 amide bonds. The lowest BCUT2D eigenvalue weighted by Gasteiger charge is -2.40. The normalized spacial score (nSPS) is 17.0. The smallest absolute Gasteiger partial charge is 0.310 e. The van der Waals surface area contributed by atoms with E-state index in [1.165, 1.54) is 13.8 Å². The Morgan fingerprint density at radius 1 is 0.952 bits per heavy atom. The highest BCUT2D eigenvalue weighted by Crippen LogP contribution is 3.02. The van der Waals surface area contributed by atoms with Crippen LogP contribution in [0.1, 0.15) is 27.7 Å². The topological polar surface area (TPSA) is 29.5 Å². The second-order valence-electron chi connectivity index (χ2n) is 5.97. The number of rotatable bonds is 5. The van der Waals surface area contributed by atoms with Crippen molar-refractivity contribution in [3.63, 3.8) is 0 Å². The first-order valence-corrected chi connectivity index (χ1v) is 8.07. The Labute approximate surface area is 121 Å². The van der Waals surface area contributed by atoms with Gasteiger partial charge in [0.25, 0.3) is 0 Å². The van der Waals surface area contributed by atoms with Gasteiger partial charge in [0.1, 0.15) is 4.90 Å². The molecule has 0 aliphatic rings. The average molecular weight is 332 g/mol. The van der Waals surface area contributed by atoms with Crippen molar-refractivity contribution in [2.24, 2.45) is 0 Å². The Balaban J connectivity index is 2.88. The Hall–Kier alpha value is -0.795. The number of halogens is 5. The lowest BCUT2D eigenvalue weighted by Crippen LogP contribution is -2.49. The molecule has 1 aromatic carbocycles. The summed E-state index contributed by atoms with van der Waals surface area (Å²) in [6, 6.07) is 2.57. The quantitative estimate of drug-likeness (QED) is 0.655. The molecule has 0 heterocycles. The molecule has 1 N–H and O–H groups in total. The van der Waals surface area contributed by atoms with Gasteiger partial charge in [-0.25, -0.2) is 0 Å². The van der Waals surface area contributed by atoms with Gasteiger partial charge in [-0.2, -0.15) is 0 Å². The van der Waals surface area contributed by atoms with Crippen LogP contribution in [0.4, 0.5) is 19.4 Å². The maximum Gasteiger partial charge on any atom is 0.310 e. The maximum absolute atomic E-state index is 12.5. The molecular weight excluding hydrogens is 314 g/mol. The van der Waals surface area contributed by atoms with E-state index in [1.54, 1.807) is 13.8 Å². The van der Waals surface area contributed by atoms with Gasteiger partial charge in [-0.15, -0.1) is 0 Å². The van der Waals surface area contributed by atoms with E-state index in [0.29, 0.717) is 17.6 Å². The van der Waals surface area contributed by atoms with Crippen molar-refractivity contribution in [2.45, 2.75) is 43.8 Å². The fraction of sp³-hybridized carbons (Fsp3) is 0.500. The molecule has 2 nitrogen and oxygen atoms in total. The molecule has 0 saturated carbocycles. The van der Waals surface area contributed by atoms with Crippen molar-refractivity contribution in [3.8, 4) is 0 Å². The minimum absolute atomic E-state index is 0.0996. The Kier molecular flexibility index (Phi) is 3.79. The summed E-state index contributed by atoms with van der Waals surface area (Å²) < 4.78 is 68.2. The summed E-state index contributed by atoms with van der Waals surface area (Å²) in [7, 11) is -9.73. The van der Waals surface area contributed by atoms with Crippen LogP contribution in [0.3, 0.4) is 0 Å². The summed E-state index contributed by atoms with van der Waals surface area (Å²) in [5.74, 6) is 0. The molecule has 21 heavy (non-hydrogen) atoms. The van der Waals surface area contributed by atoms with Gasteiger partial charge >= 0.3 is 17.7 Å². The lowest BCUT2D eigenvalue weighted by atomic mass is 9.83. The molecule has 0 atom stereocenters. The molecule has 1 aromatic rings. The molecule has 0 aliphatic carbocycles. The van der Waals surface area contributed by atoms with E-state index < -0.39 is 26.3 Å². The van der Waals surface area contributed by atoms with Gasteiger partial charge in [0.15, 0.2) is 0 Å². The van der Waals surface area contributed by atoms with Crippen molar-refractivity contribution >= 4 is 23.2 Å². The van der Waals surface area contributed by atoms with Crippen molar-refractivity contribution in [1.82, 2.24) is 0 Å². The van der Waals surface area contributed by atoms with E-state index in [0.717, 1.165) is 12.1 Å². The molecule has 0 spiro atoms. The summed E-state index contributed by atoms with van der Waals surface area (Å²) in [5, 5.41) is 9.87. The summed E-state index contributed by atoms with van der Waals surface area (Å²) >= 11 is 0. The number of benzene rings is 1. The number of hydrogen-bond donors (Lipinski definition) is 1. The number of aliphatic hydroxyl groups is 1. The molecule has 0 unspecified atom stereocenters. The predicted molar refractivity (Wildman–Crippen MR) is 76.1 cm³/mol. The second-order valence-corrected chi connectivity index (χ2v) is 8.38. The van der Waals surface area contributed by atoms with Gasteiger partial charge in [0, 0.05) is 0 Å². The zero-order valence-corrected chi connectivity index (χ0v) is 13.0. The molecule has 1 rings (SSSR count). The molecule has 0 fully saturated rings. The molecule has 0 aromatic heterocycles. The van der Waals surface area contributed by atoms with Crippen LogP contribution >= 0.6 is 10.2 Å². The molecule has 0 saturated heterocycles. The van der Waals surface area contributed by atoms with Crippen molar-refractivity contribution in [1.29, 1.82) is 0 Å². The summed E-state index contributed by atoms with van der Waals surface area (Å²) in [6.45, 7) is 6.31. The first-order chi connectivity index (χ1) is 8.92. The molecule has 0 bridgehead atoms. The average Bonchev–Trinajstić information content (AvgIpc) is 2.22. The Morgan fingerprint density at radius 2 is 1.38 bits per heavy atom. The Bertz CT molecular complexity index is 519. The highest BCUT2D eigenvalue weighted by molar-refractivity contribution is 8.45. The lowest BCUT2D eigenvalue weighted by molar-refractivity contribution is -0.0893. The third-order valence-electron chi connectivity index (χ3n) is 3.44. The Morgan fingerprint density at radius 3 is 1.71 bits per heavy atom. The van der Waals surface area contributed by atoms with E-state index in [9.17, 15) is 24.5 Å². The van der Waals surface area contributed by atoms with Crippen LogP contribution in [0.5, 0.6) is 0 Å². The van der Waals surface area contributed by atoms with Gasteiger partial charge in [-0.05, 0) is 39.8 Å². The molecule has 9 heteroatoms. The van der Waals surface area contributed by atoms with Gasteiger partial charge in [0.2, 0.25) is 0 Å². The van der Waals surface area contributed by atoms with E-state index in [1.807, 2.05) is 0 Å². The van der Waals surface area contributed by atoms with Crippen molar-refractivity contribution < 1.29 is 29.2 Å². The highest BCUT2D eigenvalue weighted by atomic mass is 32.5. The predicted octanol–water partition coefficient (Wildman–Crippen LogP) is 3.89. The van der Waals surface area contributed by atoms with Crippen LogP contribution in [-0.2, 0) is 4.65 Å². The van der Waals surface area contributed by atoms with Crippen LogP contribution < -0.4 is 5.46 Å². The fourth-order valence-corrected chi connectivity index (χ4v) is 1.93. The monoisotopic (exact) mass is 332 g/mol. The SMILES string of the molecule is CC(C)(O)C(C)(C)OBc1ccc(S(F)(F)(F)(F)F)cc1. The minimum atomic E-state index is -9.63. The zero-order valence-electron chi connectivity index (χ0n) is 12.2. The zero-order chi connectivity index (χ0) is 16.8. The van der Waals surface area contributed by atoms with Gasteiger partial charge in [-0.1, -0.05) is 37.0 Å². The van der Waals surface area contributed by atoms with E-state index in [-0.39, 0.29) is 7.48 Å². The molecular formula is C12H18BF5O2S. The van der Waals surface area contributed by atoms with Crippen LogP contribution in [0.15, 0.2) is 29.2 Å². The van der Waals surface area contributed by atoms with Crippen LogP contribution in [0, 0.1) is 0 Å². The van der Waals surface area contributed by atoms with Crippen LogP contribution in [0.25, 0.3) is 0 Å². The highest BCUT2D eigenvalue weighted by Gasteiger charge is 2.65. The van der Waals surface area contributed by atoms with Crippen LogP contribution in [0.2, 0.25) is 0 Å². The summed E-state index contributed by atoms with van der Waals surface area (Å²) in [5.41, 5.74) is -1.82. The second kappa shape index (κ2) is 4.36. The van der Waals surface area contributed by atoms with Crippen molar-refractivity contribution in [2.75, 3.05) is 0 Å². The first kappa shape index (κ1) is 18.3. The summed E-state index contributed by atoms with van der Waals surface area (Å²) in [4.78, 5) is -1.93. The van der Waals surface area contributed by atoms with Gasteiger partial charge in [-0.3, -0.25) is 0 Å². The van der Waals surface area contributed by atoms with E-state index in [2.05, 4.69) is 0 Å².